The fourth-order valence-corrected chi connectivity index (χ4v) is 2.47. The molecule has 1 aliphatic rings. The number of hydrogen-bond acceptors (Lipinski definition) is 6. The van der Waals surface area contributed by atoms with Crippen LogP contribution in [0.1, 0.15) is 32.0 Å². The number of methoxy groups -OCH3 is 1. The number of anilines is 1. The Morgan fingerprint density at radius 3 is 2.95 bits per heavy atom. The molecule has 0 amide bonds. The van der Waals surface area contributed by atoms with Crippen LogP contribution in [0.15, 0.2) is 6.07 Å². The van der Waals surface area contributed by atoms with Crippen molar-refractivity contribution in [2.24, 2.45) is 0 Å². The maximum Gasteiger partial charge on any atom is 0.328 e. The van der Waals surface area contributed by atoms with Gasteiger partial charge < -0.3 is 14.4 Å². The van der Waals surface area contributed by atoms with E-state index in [1.807, 2.05) is 18.7 Å². The molecule has 1 unspecified atom stereocenters. The van der Waals surface area contributed by atoms with E-state index >= 15 is 0 Å². The van der Waals surface area contributed by atoms with Gasteiger partial charge in [-0.05, 0) is 33.1 Å². The van der Waals surface area contributed by atoms with E-state index < -0.39 is 0 Å². The van der Waals surface area contributed by atoms with Crippen molar-refractivity contribution >= 4 is 11.8 Å². The van der Waals surface area contributed by atoms with Crippen LogP contribution in [0.4, 0.5) is 5.82 Å². The van der Waals surface area contributed by atoms with Gasteiger partial charge in [-0.3, -0.25) is 0 Å². The van der Waals surface area contributed by atoms with Gasteiger partial charge in [-0.2, -0.15) is 4.98 Å². The summed E-state index contributed by atoms with van der Waals surface area (Å²) in [5.41, 5.74) is 0. The van der Waals surface area contributed by atoms with Crippen LogP contribution < -0.4 is 9.64 Å². The molecule has 0 aliphatic carbocycles. The van der Waals surface area contributed by atoms with Crippen molar-refractivity contribution in [2.75, 3.05) is 25.2 Å². The molecule has 0 bridgehead atoms. The van der Waals surface area contributed by atoms with Gasteiger partial charge in [-0.25, -0.2) is 9.78 Å². The van der Waals surface area contributed by atoms with E-state index in [1.165, 1.54) is 0 Å². The smallest absolute Gasteiger partial charge is 0.328 e. The fourth-order valence-electron chi connectivity index (χ4n) is 2.47. The molecule has 0 N–H and O–H groups in total. The number of carbonyl (C=O) groups excluding carboxylic acids is 1. The van der Waals surface area contributed by atoms with Gasteiger partial charge in [0.1, 0.15) is 17.7 Å². The fraction of sp³-hybridized carbons (Fsp3) is 0.643. The number of piperidine rings is 1. The van der Waals surface area contributed by atoms with Crippen LogP contribution >= 0.6 is 0 Å². The first-order chi connectivity index (χ1) is 9.65. The van der Waals surface area contributed by atoms with E-state index in [2.05, 4.69) is 9.97 Å². The van der Waals surface area contributed by atoms with Crippen molar-refractivity contribution in [3.05, 3.63) is 11.9 Å². The minimum Gasteiger partial charge on any atom is -0.481 e. The number of nitrogens with zero attached hydrogens (tertiary/aromatic N) is 3. The van der Waals surface area contributed by atoms with Crippen molar-refractivity contribution in [3.8, 4) is 5.88 Å². The Labute approximate surface area is 119 Å². The van der Waals surface area contributed by atoms with E-state index in [0.29, 0.717) is 18.3 Å². The molecule has 0 radical (unpaired) electrons. The SMILES string of the molecule is CCOC(=O)C1CCCCN1c1cc(OC)nc(C)n1. The first-order valence-electron chi connectivity index (χ1n) is 6.98. The van der Waals surface area contributed by atoms with Crippen LogP contribution in [0.25, 0.3) is 0 Å². The van der Waals surface area contributed by atoms with Crippen LogP contribution in [0.3, 0.4) is 0 Å². The minimum absolute atomic E-state index is 0.178. The van der Waals surface area contributed by atoms with Crippen molar-refractivity contribution in [3.63, 3.8) is 0 Å². The summed E-state index contributed by atoms with van der Waals surface area (Å²) >= 11 is 0. The summed E-state index contributed by atoms with van der Waals surface area (Å²) in [6, 6.07) is 1.51. The first-order valence-corrected chi connectivity index (χ1v) is 6.98. The molecule has 1 aromatic rings. The van der Waals surface area contributed by atoms with Crippen LogP contribution in [-0.4, -0.2) is 42.2 Å². The summed E-state index contributed by atoms with van der Waals surface area (Å²) in [5, 5.41) is 0. The van der Waals surface area contributed by atoms with Gasteiger partial charge in [-0.1, -0.05) is 0 Å². The first kappa shape index (κ1) is 14.6. The summed E-state index contributed by atoms with van der Waals surface area (Å²) < 4.78 is 10.3. The van der Waals surface area contributed by atoms with Gasteiger partial charge >= 0.3 is 5.97 Å². The zero-order valence-electron chi connectivity index (χ0n) is 12.3. The highest BCUT2D eigenvalue weighted by atomic mass is 16.5. The summed E-state index contributed by atoms with van der Waals surface area (Å²) in [6.07, 6.45) is 2.87. The molecule has 1 aliphatic heterocycles. The second-order valence-corrected chi connectivity index (χ2v) is 4.77. The van der Waals surface area contributed by atoms with E-state index in [9.17, 15) is 4.79 Å². The van der Waals surface area contributed by atoms with Gasteiger partial charge in [0.05, 0.1) is 13.7 Å². The molecule has 0 aromatic carbocycles. The zero-order valence-corrected chi connectivity index (χ0v) is 12.3. The number of aryl methyl sites for hydroxylation is 1. The van der Waals surface area contributed by atoms with Crippen molar-refractivity contribution < 1.29 is 14.3 Å². The van der Waals surface area contributed by atoms with Gasteiger partial charge in [0.25, 0.3) is 0 Å². The molecule has 20 heavy (non-hydrogen) atoms. The van der Waals surface area contributed by atoms with Crippen molar-refractivity contribution in [1.82, 2.24) is 9.97 Å². The third kappa shape index (κ3) is 3.18. The van der Waals surface area contributed by atoms with E-state index in [4.69, 9.17) is 9.47 Å². The molecule has 0 spiro atoms. The molecule has 1 saturated heterocycles. The Hall–Kier alpha value is -1.85. The van der Waals surface area contributed by atoms with Gasteiger partial charge in [-0.15, -0.1) is 0 Å². The third-order valence-electron chi connectivity index (χ3n) is 3.37. The summed E-state index contributed by atoms with van der Waals surface area (Å²) in [6.45, 7) is 4.83. The molecule has 1 atom stereocenters. The molecular formula is C14H21N3O3. The van der Waals surface area contributed by atoms with E-state index in [1.54, 1.807) is 13.2 Å². The largest absolute Gasteiger partial charge is 0.481 e. The Kier molecular flexibility index (Phi) is 4.76. The second kappa shape index (κ2) is 6.54. The molecule has 0 saturated carbocycles. The standard InChI is InChI=1S/C14H21N3O3/c1-4-20-14(18)11-7-5-6-8-17(11)12-9-13(19-3)16-10(2)15-12/h9,11H,4-8H2,1-3H3. The van der Waals surface area contributed by atoms with Gasteiger partial charge in [0.2, 0.25) is 5.88 Å². The molecule has 6 nitrogen and oxygen atoms in total. The molecule has 2 heterocycles. The highest BCUT2D eigenvalue weighted by Crippen LogP contribution is 2.26. The molecule has 110 valence electrons. The molecule has 1 fully saturated rings. The number of carbonyl (C=O) groups is 1. The Balaban J connectivity index is 2.27. The highest BCUT2D eigenvalue weighted by molar-refractivity contribution is 5.80. The number of hydrogen-bond donors (Lipinski definition) is 0. The molecule has 1 aromatic heterocycles. The Morgan fingerprint density at radius 1 is 1.45 bits per heavy atom. The minimum atomic E-state index is -0.261. The van der Waals surface area contributed by atoms with Crippen molar-refractivity contribution in [2.45, 2.75) is 39.2 Å². The zero-order chi connectivity index (χ0) is 14.5. The van der Waals surface area contributed by atoms with Crippen LogP contribution in [0.2, 0.25) is 0 Å². The lowest BCUT2D eigenvalue weighted by Gasteiger charge is -2.35. The quantitative estimate of drug-likeness (QED) is 0.782. The molecule has 6 heteroatoms. The normalized spacial score (nSPS) is 18.8. The lowest BCUT2D eigenvalue weighted by atomic mass is 10.0. The average Bonchev–Trinajstić information content (AvgIpc) is 2.46. The van der Waals surface area contributed by atoms with Gasteiger partial charge in [0.15, 0.2) is 0 Å². The maximum atomic E-state index is 12.1. The monoisotopic (exact) mass is 279 g/mol. The Bertz CT molecular complexity index is 479. The molecular weight excluding hydrogens is 258 g/mol. The van der Waals surface area contributed by atoms with Crippen LogP contribution in [0.5, 0.6) is 5.88 Å². The topological polar surface area (TPSA) is 64.5 Å². The summed E-state index contributed by atoms with van der Waals surface area (Å²) in [5.74, 6) is 1.70. The van der Waals surface area contributed by atoms with E-state index in [-0.39, 0.29) is 12.0 Å². The summed E-state index contributed by atoms with van der Waals surface area (Å²) in [4.78, 5) is 22.7. The lowest BCUT2D eigenvalue weighted by Crippen LogP contribution is -2.46. The van der Waals surface area contributed by atoms with Crippen molar-refractivity contribution in [1.29, 1.82) is 0 Å². The molecule has 2 rings (SSSR count). The number of esters is 1. The second-order valence-electron chi connectivity index (χ2n) is 4.77. The summed E-state index contributed by atoms with van der Waals surface area (Å²) in [7, 11) is 1.57. The van der Waals surface area contributed by atoms with Crippen LogP contribution in [0, 0.1) is 6.92 Å². The van der Waals surface area contributed by atoms with Crippen LogP contribution in [-0.2, 0) is 9.53 Å². The van der Waals surface area contributed by atoms with E-state index in [0.717, 1.165) is 31.6 Å². The number of rotatable bonds is 4. The predicted molar refractivity (Wildman–Crippen MR) is 74.9 cm³/mol. The maximum absolute atomic E-state index is 12.1. The third-order valence-corrected chi connectivity index (χ3v) is 3.37. The predicted octanol–water partition coefficient (Wildman–Crippen LogP) is 1.72. The average molecular weight is 279 g/mol. The number of ether oxygens (including phenoxy) is 2. The highest BCUT2D eigenvalue weighted by Gasteiger charge is 2.31. The van der Waals surface area contributed by atoms with Gasteiger partial charge in [0, 0.05) is 12.6 Å². The lowest BCUT2D eigenvalue weighted by molar-refractivity contribution is -0.145. The number of aromatic nitrogens is 2. The Morgan fingerprint density at radius 2 is 2.25 bits per heavy atom.